The van der Waals surface area contributed by atoms with E-state index in [1.165, 1.54) is 6.92 Å². The Morgan fingerprint density at radius 1 is 1.30 bits per heavy atom. The van der Waals surface area contributed by atoms with Gasteiger partial charge in [0.25, 0.3) is 5.56 Å². The molecule has 3 heterocycles. The lowest BCUT2D eigenvalue weighted by molar-refractivity contribution is -0.119. The highest BCUT2D eigenvalue weighted by molar-refractivity contribution is 5.77. The van der Waals surface area contributed by atoms with Crippen molar-refractivity contribution in [3.8, 4) is 5.88 Å². The molecule has 3 rings (SSSR count). The first kappa shape index (κ1) is 12.4. The van der Waals surface area contributed by atoms with E-state index in [-0.39, 0.29) is 17.9 Å². The summed E-state index contributed by atoms with van der Waals surface area (Å²) < 4.78 is 8.58. The van der Waals surface area contributed by atoms with Crippen LogP contribution >= 0.6 is 0 Å². The minimum Gasteiger partial charge on any atom is -0.470 e. The standard InChI is InChI=1S/C14H13N3O3/c1-9(18)8-20-12-6-5-10-13(15-12)17-7-3-4-11(17)14(19)16(10)2/h3-7H,8H2,1-2H3. The molecule has 0 fully saturated rings. The predicted octanol–water partition coefficient (Wildman–Crippen LogP) is 1.15. The maximum absolute atomic E-state index is 12.1. The lowest BCUT2D eigenvalue weighted by Crippen LogP contribution is -2.20. The molecule has 20 heavy (non-hydrogen) atoms. The number of Topliss-reactive ketones (excluding diaryl/α,β-unsaturated/α-hetero) is 1. The summed E-state index contributed by atoms with van der Waals surface area (Å²) in [6, 6.07) is 6.95. The van der Waals surface area contributed by atoms with Crippen molar-refractivity contribution in [2.75, 3.05) is 6.61 Å². The molecule has 0 aliphatic rings. The van der Waals surface area contributed by atoms with Crippen LogP contribution < -0.4 is 10.3 Å². The molecule has 102 valence electrons. The molecule has 0 saturated heterocycles. The Bertz CT molecular complexity index is 876. The fourth-order valence-electron chi connectivity index (χ4n) is 2.14. The Morgan fingerprint density at radius 2 is 2.10 bits per heavy atom. The highest BCUT2D eigenvalue weighted by Gasteiger charge is 2.10. The first-order valence-corrected chi connectivity index (χ1v) is 6.17. The summed E-state index contributed by atoms with van der Waals surface area (Å²) in [6.45, 7) is 1.44. The van der Waals surface area contributed by atoms with Gasteiger partial charge in [-0.3, -0.25) is 14.0 Å². The van der Waals surface area contributed by atoms with Crippen LogP contribution in [0.4, 0.5) is 0 Å². The molecule has 6 nitrogen and oxygen atoms in total. The molecular formula is C14H13N3O3. The van der Waals surface area contributed by atoms with Crippen LogP contribution in [-0.2, 0) is 11.8 Å². The molecule has 0 unspecified atom stereocenters. The summed E-state index contributed by atoms with van der Waals surface area (Å²) in [4.78, 5) is 27.5. The van der Waals surface area contributed by atoms with Crippen LogP contribution in [0.2, 0.25) is 0 Å². The molecule has 3 aromatic heterocycles. The third kappa shape index (κ3) is 1.85. The topological polar surface area (TPSA) is 65.6 Å². The average Bonchev–Trinajstić information content (AvgIpc) is 2.92. The normalized spacial score (nSPS) is 11.1. The second-order valence-corrected chi connectivity index (χ2v) is 4.61. The van der Waals surface area contributed by atoms with Gasteiger partial charge in [0, 0.05) is 19.3 Å². The van der Waals surface area contributed by atoms with Gasteiger partial charge in [0.15, 0.2) is 11.4 Å². The number of carbonyl (C=O) groups is 1. The number of pyridine rings is 1. The molecule has 0 amide bonds. The lowest BCUT2D eigenvalue weighted by Gasteiger charge is -2.09. The van der Waals surface area contributed by atoms with Crippen molar-refractivity contribution in [1.82, 2.24) is 14.0 Å². The molecule has 0 aliphatic carbocycles. The Hall–Kier alpha value is -2.63. The van der Waals surface area contributed by atoms with E-state index in [9.17, 15) is 9.59 Å². The van der Waals surface area contributed by atoms with E-state index in [4.69, 9.17) is 4.74 Å². The fourth-order valence-corrected chi connectivity index (χ4v) is 2.14. The fraction of sp³-hybridized carbons (Fsp3) is 0.214. The molecule has 0 spiro atoms. The number of hydrogen-bond donors (Lipinski definition) is 0. The van der Waals surface area contributed by atoms with Gasteiger partial charge in [-0.2, -0.15) is 4.98 Å². The Morgan fingerprint density at radius 3 is 2.85 bits per heavy atom. The molecular weight excluding hydrogens is 258 g/mol. The number of ether oxygens (including phenoxy) is 1. The molecule has 3 aromatic rings. The zero-order valence-electron chi connectivity index (χ0n) is 11.2. The quantitative estimate of drug-likeness (QED) is 0.717. The third-order valence-corrected chi connectivity index (χ3v) is 3.11. The smallest absolute Gasteiger partial charge is 0.275 e. The van der Waals surface area contributed by atoms with Gasteiger partial charge in [0.1, 0.15) is 12.1 Å². The van der Waals surface area contributed by atoms with Crippen molar-refractivity contribution < 1.29 is 9.53 Å². The highest BCUT2D eigenvalue weighted by Crippen LogP contribution is 2.16. The number of aryl methyl sites for hydroxylation is 1. The van der Waals surface area contributed by atoms with Crippen LogP contribution in [0, 0.1) is 0 Å². The van der Waals surface area contributed by atoms with Crippen LogP contribution in [0.5, 0.6) is 5.88 Å². The lowest BCUT2D eigenvalue weighted by atomic mass is 10.3. The van der Waals surface area contributed by atoms with Crippen LogP contribution in [0.25, 0.3) is 16.7 Å². The predicted molar refractivity (Wildman–Crippen MR) is 74.1 cm³/mol. The summed E-state index contributed by atoms with van der Waals surface area (Å²) in [5.74, 6) is 0.291. The molecule has 0 radical (unpaired) electrons. The van der Waals surface area contributed by atoms with Crippen molar-refractivity contribution in [1.29, 1.82) is 0 Å². The van der Waals surface area contributed by atoms with Gasteiger partial charge in [-0.1, -0.05) is 0 Å². The second-order valence-electron chi connectivity index (χ2n) is 4.61. The Balaban J connectivity index is 2.25. The van der Waals surface area contributed by atoms with Crippen LogP contribution in [-0.4, -0.2) is 26.3 Å². The number of carbonyl (C=O) groups excluding carboxylic acids is 1. The maximum Gasteiger partial charge on any atom is 0.275 e. The van der Waals surface area contributed by atoms with E-state index in [0.717, 1.165) is 0 Å². The number of fused-ring (bicyclic) bond motifs is 3. The first-order chi connectivity index (χ1) is 9.58. The number of hydrogen-bond acceptors (Lipinski definition) is 4. The van der Waals surface area contributed by atoms with Crippen LogP contribution in [0.1, 0.15) is 6.92 Å². The van der Waals surface area contributed by atoms with E-state index >= 15 is 0 Å². The molecule has 0 N–H and O–H groups in total. The second kappa shape index (κ2) is 4.48. The van der Waals surface area contributed by atoms with E-state index in [2.05, 4.69) is 4.98 Å². The number of nitrogens with zero attached hydrogens (tertiary/aromatic N) is 3. The molecule has 0 atom stereocenters. The van der Waals surface area contributed by atoms with Crippen molar-refractivity contribution in [3.05, 3.63) is 40.8 Å². The summed E-state index contributed by atoms with van der Waals surface area (Å²) in [6.07, 6.45) is 1.78. The van der Waals surface area contributed by atoms with Gasteiger partial charge in [0.05, 0.1) is 5.52 Å². The number of aromatic nitrogens is 3. The Kier molecular flexibility index (Phi) is 2.78. The molecule has 0 saturated carbocycles. The first-order valence-electron chi connectivity index (χ1n) is 6.17. The van der Waals surface area contributed by atoms with Crippen molar-refractivity contribution in [2.24, 2.45) is 7.05 Å². The van der Waals surface area contributed by atoms with E-state index < -0.39 is 0 Å². The van der Waals surface area contributed by atoms with E-state index in [1.807, 2.05) is 0 Å². The third-order valence-electron chi connectivity index (χ3n) is 3.11. The zero-order chi connectivity index (χ0) is 14.3. The van der Waals surface area contributed by atoms with Gasteiger partial charge >= 0.3 is 0 Å². The van der Waals surface area contributed by atoms with Crippen molar-refractivity contribution in [3.63, 3.8) is 0 Å². The van der Waals surface area contributed by atoms with Gasteiger partial charge in [-0.15, -0.1) is 0 Å². The van der Waals surface area contributed by atoms with E-state index in [1.54, 1.807) is 46.5 Å². The minimum atomic E-state index is -0.0818. The monoisotopic (exact) mass is 271 g/mol. The highest BCUT2D eigenvalue weighted by atomic mass is 16.5. The summed E-state index contributed by atoms with van der Waals surface area (Å²) in [7, 11) is 1.70. The molecule has 0 aromatic carbocycles. The van der Waals surface area contributed by atoms with E-state index in [0.29, 0.717) is 22.6 Å². The summed E-state index contributed by atoms with van der Waals surface area (Å²) in [5.41, 5.74) is 1.79. The molecule has 0 aliphatic heterocycles. The largest absolute Gasteiger partial charge is 0.470 e. The zero-order valence-corrected chi connectivity index (χ0v) is 11.2. The molecule has 0 bridgehead atoms. The Labute approximate surface area is 114 Å². The maximum atomic E-state index is 12.1. The SMILES string of the molecule is CC(=O)COc1ccc2c(n1)n1cccc1c(=O)n2C. The van der Waals surface area contributed by atoms with Gasteiger partial charge < -0.3 is 9.30 Å². The van der Waals surface area contributed by atoms with Crippen LogP contribution in [0.15, 0.2) is 35.3 Å². The molecule has 6 heteroatoms. The van der Waals surface area contributed by atoms with Gasteiger partial charge in [-0.05, 0) is 25.1 Å². The summed E-state index contributed by atoms with van der Waals surface area (Å²) >= 11 is 0. The summed E-state index contributed by atoms with van der Waals surface area (Å²) in [5, 5.41) is 0. The van der Waals surface area contributed by atoms with Crippen molar-refractivity contribution >= 4 is 22.5 Å². The average molecular weight is 271 g/mol. The minimum absolute atomic E-state index is 0.0148. The number of ketones is 1. The van der Waals surface area contributed by atoms with Gasteiger partial charge in [0.2, 0.25) is 5.88 Å². The van der Waals surface area contributed by atoms with Crippen LogP contribution in [0.3, 0.4) is 0 Å². The van der Waals surface area contributed by atoms with Gasteiger partial charge in [-0.25, -0.2) is 0 Å². The van der Waals surface area contributed by atoms with Crippen molar-refractivity contribution in [2.45, 2.75) is 6.92 Å². The number of rotatable bonds is 3.